The van der Waals surface area contributed by atoms with Gasteiger partial charge in [-0.05, 0) is 42.3 Å². The van der Waals surface area contributed by atoms with Crippen LogP contribution in [0.2, 0.25) is 5.02 Å². The molecule has 0 atom stereocenters. The number of para-hydroxylation sites is 1. The van der Waals surface area contributed by atoms with E-state index in [1.54, 1.807) is 18.2 Å². The van der Waals surface area contributed by atoms with Crippen LogP contribution in [0.25, 0.3) is 17.0 Å². The first-order valence-corrected chi connectivity index (χ1v) is 8.50. The Hall–Kier alpha value is -2.85. The Morgan fingerprint density at radius 3 is 2.65 bits per heavy atom. The third-order valence-corrected chi connectivity index (χ3v) is 4.59. The highest BCUT2D eigenvalue weighted by Gasteiger charge is 2.18. The van der Waals surface area contributed by atoms with Gasteiger partial charge in [0.1, 0.15) is 0 Å². The average Bonchev–Trinajstić information content (AvgIpc) is 2.92. The fourth-order valence-corrected chi connectivity index (χ4v) is 3.29. The Morgan fingerprint density at radius 1 is 1.19 bits per heavy atom. The summed E-state index contributed by atoms with van der Waals surface area (Å²) in [6, 6.07) is 14.9. The minimum Gasteiger partial charge on any atom is -0.466 e. The summed E-state index contributed by atoms with van der Waals surface area (Å²) in [7, 11) is 1.34. The SMILES string of the molecule is COC(=O)/C(=C/c1cccc(Cl)c1)Cn1c(C=O)c(C)c2ccccc21. The molecule has 5 heteroatoms. The molecule has 1 heterocycles. The third-order valence-electron chi connectivity index (χ3n) is 4.35. The highest BCUT2D eigenvalue weighted by Crippen LogP contribution is 2.26. The molecule has 3 aromatic rings. The number of rotatable bonds is 5. The van der Waals surface area contributed by atoms with Crippen molar-refractivity contribution in [2.24, 2.45) is 0 Å². The summed E-state index contributed by atoms with van der Waals surface area (Å²) >= 11 is 6.03. The van der Waals surface area contributed by atoms with E-state index in [0.717, 1.165) is 28.3 Å². The third kappa shape index (κ3) is 3.41. The molecule has 0 saturated carbocycles. The van der Waals surface area contributed by atoms with Crippen molar-refractivity contribution in [3.8, 4) is 0 Å². The van der Waals surface area contributed by atoms with Crippen LogP contribution >= 0.6 is 11.6 Å². The number of carbonyl (C=O) groups excluding carboxylic acids is 2. The second-order valence-corrected chi connectivity index (χ2v) is 6.38. The fraction of sp³-hybridized carbons (Fsp3) is 0.143. The van der Waals surface area contributed by atoms with Gasteiger partial charge in [-0.3, -0.25) is 4.79 Å². The van der Waals surface area contributed by atoms with E-state index < -0.39 is 5.97 Å². The number of aldehydes is 1. The zero-order valence-corrected chi connectivity index (χ0v) is 15.3. The number of carbonyl (C=O) groups is 2. The Bertz CT molecular complexity index is 1020. The summed E-state index contributed by atoms with van der Waals surface area (Å²) in [5.74, 6) is -0.447. The van der Waals surface area contributed by atoms with Crippen LogP contribution in [0.4, 0.5) is 0 Å². The Labute approximate surface area is 156 Å². The van der Waals surface area contributed by atoms with Crippen LogP contribution in [0.1, 0.15) is 21.6 Å². The van der Waals surface area contributed by atoms with Gasteiger partial charge in [0.2, 0.25) is 0 Å². The van der Waals surface area contributed by atoms with E-state index >= 15 is 0 Å². The predicted octanol–water partition coefficient (Wildman–Crippen LogP) is 4.67. The second kappa shape index (κ2) is 7.58. The van der Waals surface area contributed by atoms with Gasteiger partial charge in [0.15, 0.2) is 6.29 Å². The van der Waals surface area contributed by atoms with Crippen LogP contribution in [-0.2, 0) is 16.1 Å². The zero-order chi connectivity index (χ0) is 18.7. The van der Waals surface area contributed by atoms with Crippen molar-refractivity contribution >= 4 is 40.8 Å². The number of ether oxygens (including phenoxy) is 1. The molecule has 0 radical (unpaired) electrons. The highest BCUT2D eigenvalue weighted by molar-refractivity contribution is 6.30. The molecule has 2 aromatic carbocycles. The lowest BCUT2D eigenvalue weighted by Crippen LogP contribution is -2.13. The number of fused-ring (bicyclic) bond motifs is 1. The van der Waals surface area contributed by atoms with Gasteiger partial charge in [-0.25, -0.2) is 4.79 Å². The number of halogens is 1. The number of hydrogen-bond donors (Lipinski definition) is 0. The van der Waals surface area contributed by atoms with E-state index in [4.69, 9.17) is 16.3 Å². The maximum absolute atomic E-state index is 12.3. The van der Waals surface area contributed by atoms with Gasteiger partial charge < -0.3 is 9.30 Å². The number of methoxy groups -OCH3 is 1. The van der Waals surface area contributed by atoms with Gasteiger partial charge in [-0.1, -0.05) is 41.9 Å². The molecule has 4 nitrogen and oxygen atoms in total. The van der Waals surface area contributed by atoms with E-state index in [1.807, 2.05) is 47.9 Å². The molecule has 0 spiro atoms. The normalized spacial score (nSPS) is 11.6. The minimum absolute atomic E-state index is 0.224. The smallest absolute Gasteiger partial charge is 0.335 e. The first-order chi connectivity index (χ1) is 12.5. The molecule has 0 aliphatic carbocycles. The molecule has 26 heavy (non-hydrogen) atoms. The highest BCUT2D eigenvalue weighted by atomic mass is 35.5. The molecule has 0 bridgehead atoms. The van der Waals surface area contributed by atoms with Crippen LogP contribution in [-0.4, -0.2) is 23.9 Å². The zero-order valence-electron chi connectivity index (χ0n) is 14.5. The van der Waals surface area contributed by atoms with Crippen molar-refractivity contribution in [3.05, 3.63) is 75.9 Å². The monoisotopic (exact) mass is 367 g/mol. The second-order valence-electron chi connectivity index (χ2n) is 5.95. The van der Waals surface area contributed by atoms with Crippen LogP contribution < -0.4 is 0 Å². The van der Waals surface area contributed by atoms with Crippen molar-refractivity contribution in [1.29, 1.82) is 0 Å². The van der Waals surface area contributed by atoms with Gasteiger partial charge in [0, 0.05) is 15.9 Å². The van der Waals surface area contributed by atoms with Crippen LogP contribution in [0.15, 0.2) is 54.1 Å². The van der Waals surface area contributed by atoms with E-state index in [9.17, 15) is 9.59 Å². The molecular weight excluding hydrogens is 350 g/mol. The predicted molar refractivity (Wildman–Crippen MR) is 104 cm³/mol. The van der Waals surface area contributed by atoms with Crippen LogP contribution in [0.5, 0.6) is 0 Å². The quantitative estimate of drug-likeness (QED) is 0.374. The average molecular weight is 368 g/mol. The van der Waals surface area contributed by atoms with E-state index in [-0.39, 0.29) is 6.54 Å². The maximum atomic E-state index is 12.3. The number of aryl methyl sites for hydroxylation is 1. The number of nitrogens with zero attached hydrogens (tertiary/aromatic N) is 1. The Balaban J connectivity index is 2.13. The van der Waals surface area contributed by atoms with Crippen LogP contribution in [0, 0.1) is 6.92 Å². The topological polar surface area (TPSA) is 48.3 Å². The molecule has 0 saturated heterocycles. The van der Waals surface area contributed by atoms with Crippen molar-refractivity contribution in [1.82, 2.24) is 4.57 Å². The molecule has 0 fully saturated rings. The largest absolute Gasteiger partial charge is 0.466 e. The van der Waals surface area contributed by atoms with Gasteiger partial charge in [-0.2, -0.15) is 0 Å². The van der Waals surface area contributed by atoms with E-state index in [2.05, 4.69) is 0 Å². The van der Waals surface area contributed by atoms with Gasteiger partial charge in [0.25, 0.3) is 0 Å². The first-order valence-electron chi connectivity index (χ1n) is 8.12. The lowest BCUT2D eigenvalue weighted by molar-refractivity contribution is -0.136. The minimum atomic E-state index is -0.447. The number of esters is 1. The summed E-state index contributed by atoms with van der Waals surface area (Å²) in [5, 5.41) is 1.57. The molecular formula is C21H18ClNO3. The van der Waals surface area contributed by atoms with E-state index in [0.29, 0.717) is 16.3 Å². The molecule has 0 amide bonds. The van der Waals surface area contributed by atoms with Gasteiger partial charge in [-0.15, -0.1) is 0 Å². The maximum Gasteiger partial charge on any atom is 0.335 e. The summed E-state index contributed by atoms with van der Waals surface area (Å²) in [6.45, 7) is 2.13. The standard InChI is InChI=1S/C21H18ClNO3/c1-14-18-8-3-4-9-19(18)23(20(14)13-24)12-16(21(25)26-2)10-15-6-5-7-17(22)11-15/h3-11,13H,12H2,1-2H3/b16-10+. The summed E-state index contributed by atoms with van der Waals surface area (Å²) in [6.07, 6.45) is 2.56. The van der Waals surface area contributed by atoms with Gasteiger partial charge in [0.05, 0.1) is 24.9 Å². The van der Waals surface area contributed by atoms with Gasteiger partial charge >= 0.3 is 5.97 Å². The fourth-order valence-electron chi connectivity index (χ4n) is 3.09. The molecule has 0 N–H and O–H groups in total. The summed E-state index contributed by atoms with van der Waals surface area (Å²) in [5.41, 5.74) is 3.56. The molecule has 0 aliphatic rings. The Kier molecular flexibility index (Phi) is 5.24. The molecule has 0 aliphatic heterocycles. The molecule has 0 unspecified atom stereocenters. The van der Waals surface area contributed by atoms with Crippen molar-refractivity contribution in [2.75, 3.05) is 7.11 Å². The van der Waals surface area contributed by atoms with Crippen molar-refractivity contribution in [2.45, 2.75) is 13.5 Å². The van der Waals surface area contributed by atoms with Crippen molar-refractivity contribution < 1.29 is 14.3 Å². The lowest BCUT2D eigenvalue weighted by atomic mass is 10.1. The summed E-state index contributed by atoms with van der Waals surface area (Å²) < 4.78 is 6.78. The molecule has 3 rings (SSSR count). The van der Waals surface area contributed by atoms with E-state index in [1.165, 1.54) is 7.11 Å². The number of benzene rings is 2. The Morgan fingerprint density at radius 2 is 1.96 bits per heavy atom. The van der Waals surface area contributed by atoms with Crippen molar-refractivity contribution in [3.63, 3.8) is 0 Å². The lowest BCUT2D eigenvalue weighted by Gasteiger charge is -2.11. The van der Waals surface area contributed by atoms with Crippen LogP contribution in [0.3, 0.4) is 0 Å². The molecule has 1 aromatic heterocycles. The summed E-state index contributed by atoms with van der Waals surface area (Å²) in [4.78, 5) is 24.0. The number of aromatic nitrogens is 1. The molecule has 132 valence electrons. The number of hydrogen-bond acceptors (Lipinski definition) is 3. The first kappa shape index (κ1) is 18.0.